The van der Waals surface area contributed by atoms with E-state index in [-0.39, 0.29) is 5.82 Å². The number of halogens is 1. The number of aromatic amines is 1. The van der Waals surface area contributed by atoms with Crippen LogP contribution in [0.15, 0.2) is 109 Å². The Hall–Kier alpha value is -4.64. The first kappa shape index (κ1) is 28.9. The number of rotatable bonds is 11. The molecule has 0 saturated heterocycles. The van der Waals surface area contributed by atoms with Crippen molar-refractivity contribution in [3.63, 3.8) is 0 Å². The molecule has 42 heavy (non-hydrogen) atoms. The number of allylic oxidation sites excluding steroid dienone is 6. The highest BCUT2D eigenvalue weighted by Crippen LogP contribution is 2.35. The van der Waals surface area contributed by atoms with Gasteiger partial charge >= 0.3 is 0 Å². The minimum absolute atomic E-state index is 0.248. The maximum absolute atomic E-state index is 13.6. The molecule has 0 spiro atoms. The Labute approximate surface area is 248 Å². The first-order valence-corrected chi connectivity index (χ1v) is 14.6. The molecule has 0 unspecified atom stereocenters. The van der Waals surface area contributed by atoms with E-state index in [1.165, 1.54) is 36.2 Å². The van der Waals surface area contributed by atoms with E-state index >= 15 is 0 Å². The quantitative estimate of drug-likeness (QED) is 0.161. The molecule has 4 aromatic rings. The number of nitrogens with one attached hydrogen (secondary N) is 3. The van der Waals surface area contributed by atoms with Crippen molar-refractivity contribution in [3.05, 3.63) is 132 Å². The molecule has 0 amide bonds. The van der Waals surface area contributed by atoms with Crippen LogP contribution in [0.4, 0.5) is 10.1 Å². The average molecular weight is 559 g/mol. The Morgan fingerprint density at radius 1 is 1.10 bits per heavy atom. The van der Waals surface area contributed by atoms with E-state index in [1.54, 1.807) is 12.1 Å². The van der Waals surface area contributed by atoms with E-state index in [2.05, 4.69) is 66.9 Å². The number of pyridine rings is 1. The fourth-order valence-electron chi connectivity index (χ4n) is 5.23. The van der Waals surface area contributed by atoms with E-state index in [9.17, 15) is 4.39 Å². The molecule has 0 aliphatic heterocycles. The van der Waals surface area contributed by atoms with Gasteiger partial charge in [0.15, 0.2) is 0 Å². The second-order valence-corrected chi connectivity index (χ2v) is 11.1. The van der Waals surface area contributed by atoms with Crippen LogP contribution < -0.4 is 10.6 Å². The summed E-state index contributed by atoms with van der Waals surface area (Å²) in [5.41, 5.74) is 11.9. The molecule has 1 aliphatic rings. The van der Waals surface area contributed by atoms with Crippen molar-refractivity contribution in [2.75, 3.05) is 12.4 Å². The molecule has 5 heteroatoms. The highest BCUT2D eigenvalue weighted by Gasteiger charge is 2.19. The summed E-state index contributed by atoms with van der Waals surface area (Å²) < 4.78 is 13.6. The lowest BCUT2D eigenvalue weighted by molar-refractivity contribution is 0.618. The topological polar surface area (TPSA) is 52.7 Å². The monoisotopic (exact) mass is 558 g/mol. The lowest BCUT2D eigenvalue weighted by Crippen LogP contribution is -2.14. The summed E-state index contributed by atoms with van der Waals surface area (Å²) >= 11 is 0. The normalized spacial score (nSPS) is 13.4. The summed E-state index contributed by atoms with van der Waals surface area (Å²) in [5, 5.41) is 7.98. The molecule has 214 valence electrons. The zero-order valence-corrected chi connectivity index (χ0v) is 24.9. The van der Waals surface area contributed by atoms with Crippen LogP contribution in [-0.2, 0) is 0 Å². The summed E-state index contributed by atoms with van der Waals surface area (Å²) in [6.45, 7) is 15.1. The van der Waals surface area contributed by atoms with Gasteiger partial charge < -0.3 is 15.6 Å². The Balaban J connectivity index is 1.49. The molecule has 1 saturated carbocycles. The molecule has 2 aromatic heterocycles. The first-order valence-electron chi connectivity index (χ1n) is 14.6. The summed E-state index contributed by atoms with van der Waals surface area (Å²) in [7, 11) is 1.89. The molecule has 4 nitrogen and oxygen atoms in total. The molecule has 1 fully saturated rings. The van der Waals surface area contributed by atoms with Gasteiger partial charge in [0.1, 0.15) is 5.82 Å². The lowest BCUT2D eigenvalue weighted by atomic mass is 10.0. The van der Waals surface area contributed by atoms with Crippen LogP contribution >= 0.6 is 0 Å². The summed E-state index contributed by atoms with van der Waals surface area (Å²) in [4.78, 5) is 8.63. The molecule has 3 N–H and O–H groups in total. The van der Waals surface area contributed by atoms with E-state index < -0.39 is 0 Å². The number of aromatic nitrogens is 2. The van der Waals surface area contributed by atoms with E-state index in [0.29, 0.717) is 5.92 Å². The van der Waals surface area contributed by atoms with Gasteiger partial charge in [-0.15, -0.1) is 0 Å². The third-order valence-electron chi connectivity index (χ3n) is 7.57. The number of anilines is 1. The average Bonchev–Trinajstić information content (AvgIpc) is 3.76. The molecule has 2 aromatic carbocycles. The summed E-state index contributed by atoms with van der Waals surface area (Å²) in [6.07, 6.45) is 9.43. The van der Waals surface area contributed by atoms with Crippen LogP contribution in [0.5, 0.6) is 0 Å². The minimum Gasteiger partial charge on any atom is -0.386 e. The molecule has 0 atom stereocenters. The van der Waals surface area contributed by atoms with Crippen LogP contribution in [0.2, 0.25) is 0 Å². The number of hydrogen-bond donors (Lipinski definition) is 3. The van der Waals surface area contributed by atoms with Crippen molar-refractivity contribution in [2.24, 2.45) is 5.92 Å². The smallest absolute Gasteiger partial charge is 0.123 e. The third-order valence-corrected chi connectivity index (χ3v) is 7.57. The Morgan fingerprint density at radius 3 is 2.50 bits per heavy atom. The Bertz CT molecular complexity index is 1730. The molecular formula is C37H39FN4. The highest BCUT2D eigenvalue weighted by molar-refractivity contribution is 5.98. The van der Waals surface area contributed by atoms with Gasteiger partial charge in [-0.2, -0.15) is 0 Å². The lowest BCUT2D eigenvalue weighted by Gasteiger charge is -2.16. The standard InChI is InChI=1S/C37H39FN4/c1-7-25(21-29(8-2)40-36(20-23(3)4)27-12-13-27)32-18-19-34(39-6)37(42-32)24(5)35-22-31-30(10-9-11-33(31)41-35)26-14-16-28(38)17-15-26/h7-11,14-19,21-23,39-41H,2,5,12-13,20H2,1,3-4,6H3/b25-7+,29-21+. The number of nitrogens with zero attached hydrogens (tertiary/aromatic N) is 1. The Kier molecular flexibility index (Phi) is 8.58. The summed E-state index contributed by atoms with van der Waals surface area (Å²) in [6, 6.07) is 18.9. The SMILES string of the molecule is C=C/C(=C\C(=C/C)c1ccc(NC)c(C(=C)c2cc3c(-c4ccc(F)cc4)cccc3[nH]2)n1)NC(CC(C)C)=C1CC1. The molecular weight excluding hydrogens is 519 g/mol. The fraction of sp³-hybridized carbons (Fsp3) is 0.216. The molecule has 2 heterocycles. The number of H-pyrrole nitrogens is 1. The van der Waals surface area contributed by atoms with Gasteiger partial charge in [0.2, 0.25) is 0 Å². The predicted molar refractivity (Wildman–Crippen MR) is 176 cm³/mol. The van der Waals surface area contributed by atoms with Gasteiger partial charge in [0, 0.05) is 40.6 Å². The second-order valence-electron chi connectivity index (χ2n) is 11.1. The molecule has 1 aliphatic carbocycles. The largest absolute Gasteiger partial charge is 0.386 e. The van der Waals surface area contributed by atoms with Gasteiger partial charge in [-0.25, -0.2) is 9.37 Å². The van der Waals surface area contributed by atoms with Gasteiger partial charge in [0.05, 0.1) is 17.1 Å². The van der Waals surface area contributed by atoms with Crippen molar-refractivity contribution in [1.82, 2.24) is 15.3 Å². The van der Waals surface area contributed by atoms with Gasteiger partial charge in [-0.05, 0) is 97.4 Å². The first-order chi connectivity index (χ1) is 20.3. The number of hydrogen-bond acceptors (Lipinski definition) is 3. The zero-order chi connectivity index (χ0) is 29.8. The minimum atomic E-state index is -0.248. The van der Waals surface area contributed by atoms with Gasteiger partial charge in [-0.1, -0.05) is 62.9 Å². The number of benzene rings is 2. The molecule has 5 rings (SSSR count). The van der Waals surface area contributed by atoms with Crippen LogP contribution in [0.25, 0.3) is 33.2 Å². The maximum atomic E-state index is 13.6. The molecule has 0 bridgehead atoms. The van der Waals surface area contributed by atoms with Crippen LogP contribution in [0, 0.1) is 11.7 Å². The van der Waals surface area contributed by atoms with Crippen molar-refractivity contribution in [2.45, 2.75) is 40.0 Å². The highest BCUT2D eigenvalue weighted by atomic mass is 19.1. The zero-order valence-electron chi connectivity index (χ0n) is 24.9. The summed E-state index contributed by atoms with van der Waals surface area (Å²) in [5.74, 6) is 0.329. The van der Waals surface area contributed by atoms with E-state index in [1.807, 2.05) is 44.3 Å². The van der Waals surface area contributed by atoms with E-state index in [0.717, 1.165) is 68.1 Å². The predicted octanol–water partition coefficient (Wildman–Crippen LogP) is 9.63. The van der Waals surface area contributed by atoms with Crippen molar-refractivity contribution in [1.29, 1.82) is 0 Å². The number of fused-ring (bicyclic) bond motifs is 1. The van der Waals surface area contributed by atoms with Crippen LogP contribution in [0.3, 0.4) is 0 Å². The maximum Gasteiger partial charge on any atom is 0.123 e. The van der Waals surface area contributed by atoms with Crippen molar-refractivity contribution in [3.8, 4) is 11.1 Å². The van der Waals surface area contributed by atoms with E-state index in [4.69, 9.17) is 4.98 Å². The van der Waals surface area contributed by atoms with Crippen molar-refractivity contribution < 1.29 is 4.39 Å². The van der Waals surface area contributed by atoms with Crippen molar-refractivity contribution >= 4 is 27.7 Å². The van der Waals surface area contributed by atoms with Crippen LogP contribution in [0.1, 0.15) is 57.1 Å². The van der Waals surface area contributed by atoms with Gasteiger partial charge in [0.25, 0.3) is 0 Å². The van der Waals surface area contributed by atoms with Crippen LogP contribution in [-0.4, -0.2) is 17.0 Å². The third kappa shape index (κ3) is 6.31. The fourth-order valence-corrected chi connectivity index (χ4v) is 5.23. The second kappa shape index (κ2) is 12.5. The van der Waals surface area contributed by atoms with Gasteiger partial charge in [-0.3, -0.25) is 0 Å². The molecule has 0 radical (unpaired) electrons. The Morgan fingerprint density at radius 2 is 1.86 bits per heavy atom.